The predicted molar refractivity (Wildman–Crippen MR) is 139 cm³/mol. The third-order valence-corrected chi connectivity index (χ3v) is 7.78. The lowest BCUT2D eigenvalue weighted by Gasteiger charge is -2.35. The minimum absolute atomic E-state index is 0.0236. The number of halogens is 5. The van der Waals surface area contributed by atoms with E-state index in [0.717, 1.165) is 26.1 Å². The molecule has 10 nitrogen and oxygen atoms in total. The van der Waals surface area contributed by atoms with Gasteiger partial charge in [-0.1, -0.05) is 13.8 Å². The first-order valence-electron chi connectivity index (χ1n) is 12.9. The Morgan fingerprint density at radius 2 is 1.93 bits per heavy atom. The van der Waals surface area contributed by atoms with Crippen LogP contribution in [0.25, 0.3) is 11.3 Å². The summed E-state index contributed by atoms with van der Waals surface area (Å²) in [5.41, 5.74) is -3.01. The molecular weight excluding hydrogens is 577 g/mol. The number of carbonyl (C=O) groups is 1. The molecule has 230 valence electrons. The van der Waals surface area contributed by atoms with Gasteiger partial charge in [-0.2, -0.15) is 27.1 Å². The molecule has 1 unspecified atom stereocenters. The molecule has 41 heavy (non-hydrogen) atoms. The summed E-state index contributed by atoms with van der Waals surface area (Å²) in [5.74, 6) is -1.04. The summed E-state index contributed by atoms with van der Waals surface area (Å²) >= 11 is -2.17. The monoisotopic (exact) mass is 611 g/mol. The van der Waals surface area contributed by atoms with Gasteiger partial charge in [-0.05, 0) is 39.5 Å². The summed E-state index contributed by atoms with van der Waals surface area (Å²) < 4.78 is 95.3. The van der Waals surface area contributed by atoms with Crippen LogP contribution in [0.2, 0.25) is 0 Å². The van der Waals surface area contributed by atoms with Crippen molar-refractivity contribution in [1.29, 1.82) is 0 Å². The highest BCUT2D eigenvalue weighted by Gasteiger charge is 2.47. The van der Waals surface area contributed by atoms with Gasteiger partial charge >= 0.3 is 12.8 Å². The second-order valence-electron chi connectivity index (χ2n) is 10.8. The number of hydrogen-bond donors (Lipinski definition) is 4. The average Bonchev–Trinajstić information content (AvgIpc) is 3.19. The molecule has 1 fully saturated rings. The lowest BCUT2D eigenvalue weighted by atomic mass is 9.82. The van der Waals surface area contributed by atoms with E-state index in [4.69, 9.17) is 4.55 Å². The number of ether oxygens (including phenoxy) is 1. The van der Waals surface area contributed by atoms with E-state index in [2.05, 4.69) is 24.9 Å². The second kappa shape index (κ2) is 12.7. The molecule has 0 spiro atoms. The van der Waals surface area contributed by atoms with E-state index in [0.29, 0.717) is 18.4 Å². The topological polar surface area (TPSA) is 139 Å². The first-order valence-corrected chi connectivity index (χ1v) is 14.0. The van der Waals surface area contributed by atoms with Crippen LogP contribution in [-0.2, 0) is 24.2 Å². The highest BCUT2D eigenvalue weighted by atomic mass is 32.2. The molecule has 1 amide bonds. The number of pyridine rings is 1. The number of aryl methyl sites for hydroxylation is 1. The number of alkyl halides is 5. The molecule has 2 heterocycles. The van der Waals surface area contributed by atoms with Gasteiger partial charge in [-0.25, -0.2) is 8.93 Å². The maximum atomic E-state index is 13.4. The van der Waals surface area contributed by atoms with Crippen molar-refractivity contribution in [2.75, 3.05) is 6.54 Å². The van der Waals surface area contributed by atoms with Crippen LogP contribution in [0.15, 0.2) is 12.3 Å². The summed E-state index contributed by atoms with van der Waals surface area (Å²) in [4.78, 5) is 17.2. The maximum absolute atomic E-state index is 13.4. The van der Waals surface area contributed by atoms with Crippen LogP contribution in [0.5, 0.6) is 5.75 Å². The van der Waals surface area contributed by atoms with Gasteiger partial charge < -0.3 is 15.2 Å². The van der Waals surface area contributed by atoms with Gasteiger partial charge in [0.2, 0.25) is 11.3 Å². The Labute approximate surface area is 236 Å². The first-order chi connectivity index (χ1) is 19.0. The van der Waals surface area contributed by atoms with Crippen molar-refractivity contribution >= 4 is 17.2 Å². The van der Waals surface area contributed by atoms with E-state index in [9.17, 15) is 36.1 Å². The van der Waals surface area contributed by atoms with E-state index < -0.39 is 53.1 Å². The highest BCUT2D eigenvalue weighted by Crippen LogP contribution is 2.41. The van der Waals surface area contributed by atoms with Crippen molar-refractivity contribution in [3.8, 4) is 17.0 Å². The number of aromatic nitrogens is 3. The molecule has 3 rings (SSSR count). The fourth-order valence-electron chi connectivity index (χ4n) is 4.76. The zero-order valence-electron chi connectivity index (χ0n) is 23.0. The summed E-state index contributed by atoms with van der Waals surface area (Å²) in [5, 5.41) is 17.8. The Kier molecular flexibility index (Phi) is 10.1. The quantitative estimate of drug-likeness (QED) is 0.221. The largest absolute Gasteiger partial charge is 0.434 e. The van der Waals surface area contributed by atoms with E-state index in [1.54, 1.807) is 6.92 Å². The summed E-state index contributed by atoms with van der Waals surface area (Å²) in [7, 11) is 0. The van der Waals surface area contributed by atoms with Crippen molar-refractivity contribution < 1.29 is 45.4 Å². The summed E-state index contributed by atoms with van der Waals surface area (Å²) in [6.45, 7) is 2.03. The van der Waals surface area contributed by atoms with Crippen molar-refractivity contribution in [1.82, 2.24) is 24.8 Å². The smallest absolute Gasteiger partial charge is 0.394 e. The highest BCUT2D eigenvalue weighted by molar-refractivity contribution is 7.77. The van der Waals surface area contributed by atoms with Crippen molar-refractivity contribution in [3.05, 3.63) is 29.2 Å². The first kappa shape index (κ1) is 32.8. The molecule has 2 aromatic heterocycles. The number of nitrogens with zero attached hydrogens (tertiary/aromatic N) is 3. The zero-order valence-corrected chi connectivity index (χ0v) is 23.8. The Bertz CT molecular complexity index is 1260. The number of rotatable bonds is 11. The van der Waals surface area contributed by atoms with Gasteiger partial charge in [-0.3, -0.25) is 19.0 Å². The predicted octanol–water partition coefficient (Wildman–Crippen LogP) is 4.14. The van der Waals surface area contributed by atoms with Crippen LogP contribution in [0, 0.1) is 12.3 Å². The van der Waals surface area contributed by atoms with E-state index in [1.165, 1.54) is 11.6 Å². The standard InChI is InChI=1S/C25H34F5N5O5S/c1-5-35-20(17-12-31-16(10-18(17)40-22(26)27)11-23(3,4)25(28,29)30)14(2)19(33-35)21(36)32-13-24(37)8-6-15(7-9-24)34-41(38)39/h10,12,15,22,34,37H,5-9,11,13H2,1-4H3,(H,32,36)(H,38,39). The molecule has 1 aliphatic carbocycles. The Morgan fingerprint density at radius 1 is 1.29 bits per heavy atom. The molecule has 0 aromatic carbocycles. The summed E-state index contributed by atoms with van der Waals surface area (Å²) in [6.07, 6.45) is -2.62. The molecule has 4 N–H and O–H groups in total. The normalized spacial score (nSPS) is 20.7. The third kappa shape index (κ3) is 7.99. The fraction of sp³-hybridized carbons (Fsp3) is 0.640. The number of carbonyl (C=O) groups excluding carboxylic acids is 1. The van der Waals surface area contributed by atoms with Crippen LogP contribution >= 0.6 is 0 Å². The van der Waals surface area contributed by atoms with E-state index >= 15 is 0 Å². The maximum Gasteiger partial charge on any atom is 0.394 e. The summed E-state index contributed by atoms with van der Waals surface area (Å²) in [6, 6.07) is 0.792. The molecule has 2 aromatic rings. The minimum atomic E-state index is -4.56. The molecule has 16 heteroatoms. The molecule has 1 aliphatic rings. The zero-order chi connectivity index (χ0) is 30.8. The number of aliphatic hydroxyl groups is 1. The van der Waals surface area contributed by atoms with Gasteiger partial charge in [0.05, 0.1) is 22.3 Å². The van der Waals surface area contributed by atoms with Gasteiger partial charge in [0, 0.05) is 49.1 Å². The second-order valence-corrected chi connectivity index (χ2v) is 11.5. The lowest BCUT2D eigenvalue weighted by Crippen LogP contribution is -2.48. The van der Waals surface area contributed by atoms with Crippen LogP contribution in [0.4, 0.5) is 22.0 Å². The fourth-order valence-corrected chi connectivity index (χ4v) is 5.28. The molecule has 1 atom stereocenters. The van der Waals surface area contributed by atoms with Gasteiger partial charge in [0.25, 0.3) is 5.91 Å². The lowest BCUT2D eigenvalue weighted by molar-refractivity contribution is -0.211. The molecule has 1 saturated carbocycles. The van der Waals surface area contributed by atoms with E-state index in [1.807, 2.05) is 0 Å². The minimum Gasteiger partial charge on any atom is -0.434 e. The van der Waals surface area contributed by atoms with Gasteiger partial charge in [0.1, 0.15) is 5.75 Å². The Hall–Kier alpha value is -2.69. The average molecular weight is 612 g/mol. The molecular formula is C25H34F5N5O5S. The number of nitrogens with one attached hydrogen (secondary N) is 2. The molecule has 0 bridgehead atoms. The third-order valence-electron chi connectivity index (χ3n) is 7.25. The van der Waals surface area contributed by atoms with Crippen LogP contribution in [0.3, 0.4) is 0 Å². The molecule has 0 radical (unpaired) electrons. The van der Waals surface area contributed by atoms with Crippen molar-refractivity contribution in [3.63, 3.8) is 0 Å². The van der Waals surface area contributed by atoms with Crippen molar-refractivity contribution in [2.45, 2.75) is 90.8 Å². The molecule has 0 aliphatic heterocycles. The Morgan fingerprint density at radius 3 is 2.46 bits per heavy atom. The number of hydrogen-bond acceptors (Lipinski definition) is 6. The van der Waals surface area contributed by atoms with E-state index in [-0.39, 0.29) is 54.6 Å². The van der Waals surface area contributed by atoms with Crippen molar-refractivity contribution in [2.24, 2.45) is 5.41 Å². The Balaban J connectivity index is 1.86. The molecule has 0 saturated heterocycles. The van der Waals surface area contributed by atoms with Crippen LogP contribution in [-0.4, -0.2) is 65.5 Å². The van der Waals surface area contributed by atoms with Gasteiger partial charge in [-0.15, -0.1) is 0 Å². The SMILES string of the molecule is CCn1nc(C(=O)NCC2(O)CCC(NS(=O)O)CC2)c(C)c1-c1cnc(CC(C)(C)C(F)(F)F)cc1OC(F)F. The number of amides is 1. The van der Waals surface area contributed by atoms with Crippen LogP contribution < -0.4 is 14.8 Å². The van der Waals surface area contributed by atoms with Gasteiger partial charge in [0.15, 0.2) is 5.69 Å². The van der Waals surface area contributed by atoms with Crippen LogP contribution in [0.1, 0.15) is 68.2 Å².